The lowest BCUT2D eigenvalue weighted by atomic mass is 9.97. The summed E-state index contributed by atoms with van der Waals surface area (Å²) < 4.78 is 2.51. The van der Waals surface area contributed by atoms with Crippen molar-refractivity contribution in [3.05, 3.63) is 27.4 Å². The summed E-state index contributed by atoms with van der Waals surface area (Å²) in [4.78, 5) is 16.2. The summed E-state index contributed by atoms with van der Waals surface area (Å²) >= 11 is 5.15. The predicted octanol–water partition coefficient (Wildman–Crippen LogP) is 1.64. The molecule has 0 amide bonds. The fourth-order valence-electron chi connectivity index (χ4n) is 2.35. The van der Waals surface area contributed by atoms with E-state index in [9.17, 15) is 4.79 Å². The van der Waals surface area contributed by atoms with Crippen LogP contribution in [0.25, 0.3) is 0 Å². The maximum atomic E-state index is 11.1. The van der Waals surface area contributed by atoms with Crippen molar-refractivity contribution < 1.29 is 0 Å². The van der Waals surface area contributed by atoms with Crippen molar-refractivity contribution in [2.75, 3.05) is 19.6 Å². The number of likely N-dealkylation sites (tertiary alicyclic amines) is 1. The molecule has 0 aliphatic carbocycles. The van der Waals surface area contributed by atoms with E-state index in [0.29, 0.717) is 10.7 Å². The molecule has 1 aromatic heterocycles. The van der Waals surface area contributed by atoms with Crippen LogP contribution in [0.15, 0.2) is 17.1 Å². The van der Waals surface area contributed by atoms with Crippen LogP contribution in [0.1, 0.15) is 19.8 Å². The monoisotopic (exact) mass is 253 g/mol. The summed E-state index contributed by atoms with van der Waals surface area (Å²) in [7, 11) is 0. The molecule has 1 aliphatic heterocycles. The first-order chi connectivity index (χ1) is 8.19. The van der Waals surface area contributed by atoms with Crippen LogP contribution in [0.3, 0.4) is 0 Å². The Bertz CT molecular complexity index is 471. The molecule has 17 heavy (non-hydrogen) atoms. The van der Waals surface area contributed by atoms with Gasteiger partial charge in [0.1, 0.15) is 0 Å². The standard InChI is InChI=1S/C12H19N3OS/c1-2-14-6-3-10(4-7-14)9-15-8-5-11(16)13-12(15)17/h5,8,10H,2-4,6-7,9H2,1H3,(H,13,16,17). The lowest BCUT2D eigenvalue weighted by molar-refractivity contribution is 0.180. The van der Waals surface area contributed by atoms with Gasteiger partial charge in [-0.25, -0.2) is 0 Å². The van der Waals surface area contributed by atoms with Gasteiger partial charge in [0.2, 0.25) is 0 Å². The lowest BCUT2D eigenvalue weighted by Crippen LogP contribution is -2.34. The van der Waals surface area contributed by atoms with E-state index in [1.165, 1.54) is 32.0 Å². The van der Waals surface area contributed by atoms with Gasteiger partial charge in [-0.2, -0.15) is 0 Å². The van der Waals surface area contributed by atoms with E-state index in [1.807, 2.05) is 4.57 Å². The zero-order chi connectivity index (χ0) is 12.3. The largest absolute Gasteiger partial charge is 0.325 e. The van der Waals surface area contributed by atoms with E-state index in [-0.39, 0.29) is 5.56 Å². The topological polar surface area (TPSA) is 41.0 Å². The van der Waals surface area contributed by atoms with Gasteiger partial charge in [-0.05, 0) is 50.6 Å². The summed E-state index contributed by atoms with van der Waals surface area (Å²) in [6.07, 6.45) is 4.23. The Hall–Kier alpha value is -0.940. The van der Waals surface area contributed by atoms with Crippen LogP contribution in [-0.4, -0.2) is 34.1 Å². The summed E-state index contributed by atoms with van der Waals surface area (Å²) in [6.45, 7) is 6.63. The average molecular weight is 253 g/mol. The molecule has 2 rings (SSSR count). The first kappa shape index (κ1) is 12.5. The molecule has 1 saturated heterocycles. The third-order valence-electron chi connectivity index (χ3n) is 3.51. The second-order valence-corrected chi connectivity index (χ2v) is 5.03. The second kappa shape index (κ2) is 5.60. The van der Waals surface area contributed by atoms with Gasteiger partial charge in [0.05, 0.1) is 0 Å². The van der Waals surface area contributed by atoms with Gasteiger partial charge in [-0.3, -0.25) is 9.78 Å². The van der Waals surface area contributed by atoms with Gasteiger partial charge in [0.25, 0.3) is 5.56 Å². The highest BCUT2D eigenvalue weighted by Gasteiger charge is 2.18. The molecule has 0 bridgehead atoms. The number of aromatic amines is 1. The zero-order valence-electron chi connectivity index (χ0n) is 10.2. The van der Waals surface area contributed by atoms with E-state index in [4.69, 9.17) is 12.2 Å². The number of hydrogen-bond donors (Lipinski definition) is 1. The zero-order valence-corrected chi connectivity index (χ0v) is 11.0. The Morgan fingerprint density at radius 1 is 1.47 bits per heavy atom. The molecule has 1 aromatic rings. The average Bonchev–Trinajstić information content (AvgIpc) is 2.34. The number of piperidine rings is 1. The van der Waals surface area contributed by atoms with Crippen molar-refractivity contribution in [3.63, 3.8) is 0 Å². The quantitative estimate of drug-likeness (QED) is 0.833. The van der Waals surface area contributed by atoms with E-state index in [2.05, 4.69) is 16.8 Å². The molecule has 0 atom stereocenters. The van der Waals surface area contributed by atoms with E-state index in [1.54, 1.807) is 6.20 Å². The fourth-order valence-corrected chi connectivity index (χ4v) is 2.59. The fraction of sp³-hybridized carbons (Fsp3) is 0.667. The lowest BCUT2D eigenvalue weighted by Gasteiger charge is -2.31. The SMILES string of the molecule is CCN1CCC(Cn2ccc(=O)[nH]c2=S)CC1. The highest BCUT2D eigenvalue weighted by Crippen LogP contribution is 2.18. The molecule has 4 nitrogen and oxygen atoms in total. The summed E-state index contributed by atoms with van der Waals surface area (Å²) in [5, 5.41) is 0. The highest BCUT2D eigenvalue weighted by molar-refractivity contribution is 7.71. The van der Waals surface area contributed by atoms with Gasteiger partial charge in [0.15, 0.2) is 4.77 Å². The minimum atomic E-state index is -0.118. The van der Waals surface area contributed by atoms with Crippen LogP contribution >= 0.6 is 12.2 Å². The van der Waals surface area contributed by atoms with Crippen LogP contribution < -0.4 is 5.56 Å². The Morgan fingerprint density at radius 2 is 2.18 bits per heavy atom. The van der Waals surface area contributed by atoms with Crippen LogP contribution in [0, 0.1) is 10.7 Å². The first-order valence-corrected chi connectivity index (χ1v) is 6.62. The van der Waals surface area contributed by atoms with Gasteiger partial charge < -0.3 is 9.47 Å². The third-order valence-corrected chi connectivity index (χ3v) is 3.84. The van der Waals surface area contributed by atoms with Crippen LogP contribution in [0.2, 0.25) is 0 Å². The van der Waals surface area contributed by atoms with E-state index >= 15 is 0 Å². The molecular formula is C12H19N3OS. The van der Waals surface area contributed by atoms with E-state index in [0.717, 1.165) is 13.1 Å². The van der Waals surface area contributed by atoms with Crippen molar-refractivity contribution in [1.82, 2.24) is 14.5 Å². The molecule has 0 spiro atoms. The van der Waals surface area contributed by atoms with Crippen molar-refractivity contribution in [2.45, 2.75) is 26.3 Å². The van der Waals surface area contributed by atoms with Gasteiger partial charge in [0, 0.05) is 18.8 Å². The molecule has 2 heterocycles. The number of nitrogens with zero attached hydrogens (tertiary/aromatic N) is 2. The summed E-state index contributed by atoms with van der Waals surface area (Å²) in [6, 6.07) is 1.54. The Labute approximate surface area is 106 Å². The first-order valence-electron chi connectivity index (χ1n) is 6.21. The van der Waals surface area contributed by atoms with Crippen molar-refractivity contribution >= 4 is 12.2 Å². The number of nitrogens with one attached hydrogen (secondary N) is 1. The highest BCUT2D eigenvalue weighted by atomic mass is 32.1. The predicted molar refractivity (Wildman–Crippen MR) is 70.7 cm³/mol. The number of hydrogen-bond acceptors (Lipinski definition) is 3. The van der Waals surface area contributed by atoms with Crippen molar-refractivity contribution in [3.8, 4) is 0 Å². The van der Waals surface area contributed by atoms with Gasteiger partial charge in [-0.1, -0.05) is 6.92 Å². The molecule has 1 N–H and O–H groups in total. The molecule has 5 heteroatoms. The molecule has 0 unspecified atom stereocenters. The molecule has 94 valence electrons. The molecule has 1 fully saturated rings. The molecular weight excluding hydrogens is 234 g/mol. The maximum Gasteiger partial charge on any atom is 0.251 e. The molecule has 1 aliphatic rings. The molecule has 0 radical (unpaired) electrons. The Morgan fingerprint density at radius 3 is 2.76 bits per heavy atom. The number of aromatic nitrogens is 2. The normalized spacial score (nSPS) is 18.4. The smallest absolute Gasteiger partial charge is 0.251 e. The van der Waals surface area contributed by atoms with Crippen molar-refractivity contribution in [2.24, 2.45) is 5.92 Å². The Balaban J connectivity index is 1.98. The third kappa shape index (κ3) is 3.26. The van der Waals surface area contributed by atoms with E-state index < -0.39 is 0 Å². The molecule has 0 aromatic carbocycles. The van der Waals surface area contributed by atoms with Crippen LogP contribution in [0.4, 0.5) is 0 Å². The van der Waals surface area contributed by atoms with Crippen molar-refractivity contribution in [1.29, 1.82) is 0 Å². The van der Waals surface area contributed by atoms with Crippen LogP contribution in [0.5, 0.6) is 0 Å². The minimum absolute atomic E-state index is 0.118. The van der Waals surface area contributed by atoms with Gasteiger partial charge in [-0.15, -0.1) is 0 Å². The number of rotatable bonds is 3. The maximum absolute atomic E-state index is 11.1. The summed E-state index contributed by atoms with van der Waals surface area (Å²) in [5.41, 5.74) is -0.118. The van der Waals surface area contributed by atoms with Gasteiger partial charge >= 0.3 is 0 Å². The second-order valence-electron chi connectivity index (χ2n) is 4.64. The number of H-pyrrole nitrogens is 1. The molecule has 0 saturated carbocycles. The Kier molecular flexibility index (Phi) is 4.12. The van der Waals surface area contributed by atoms with Crippen LogP contribution in [-0.2, 0) is 6.54 Å². The summed E-state index contributed by atoms with van der Waals surface area (Å²) in [5.74, 6) is 0.676. The minimum Gasteiger partial charge on any atom is -0.325 e.